The summed E-state index contributed by atoms with van der Waals surface area (Å²) in [5.74, 6) is -1.78. The Labute approximate surface area is 216 Å². The third kappa shape index (κ3) is 8.56. The van der Waals surface area contributed by atoms with Crippen LogP contribution in [-0.4, -0.2) is 49.2 Å². The Morgan fingerprint density at radius 2 is 1.78 bits per heavy atom. The normalized spacial score (nSPS) is 17.7. The van der Waals surface area contributed by atoms with Crippen molar-refractivity contribution in [1.82, 2.24) is 16.0 Å². The fourth-order valence-corrected chi connectivity index (χ4v) is 4.15. The number of halogens is 3. The zero-order chi connectivity index (χ0) is 26.1. The van der Waals surface area contributed by atoms with Crippen molar-refractivity contribution < 1.29 is 27.9 Å². The minimum atomic E-state index is -0.926. The largest absolute Gasteiger partial charge is 0.434 e. The summed E-state index contributed by atoms with van der Waals surface area (Å²) in [6.07, 6.45) is 0.127. The van der Waals surface area contributed by atoms with Gasteiger partial charge in [0.15, 0.2) is 0 Å². The van der Waals surface area contributed by atoms with Crippen molar-refractivity contribution >= 4 is 33.8 Å². The molecule has 11 heteroatoms. The molecule has 5 N–H and O–H groups in total. The van der Waals surface area contributed by atoms with Crippen LogP contribution in [0.5, 0.6) is 0 Å². The summed E-state index contributed by atoms with van der Waals surface area (Å²) in [6.45, 7) is 0.730. The monoisotopic (exact) mass is 566 g/mol. The van der Waals surface area contributed by atoms with E-state index >= 15 is 0 Å². The van der Waals surface area contributed by atoms with Crippen LogP contribution in [0, 0.1) is 11.6 Å². The summed E-state index contributed by atoms with van der Waals surface area (Å²) in [4.78, 5) is 36.3. The second-order valence-electron chi connectivity index (χ2n) is 8.66. The van der Waals surface area contributed by atoms with Crippen LogP contribution in [0.4, 0.5) is 13.6 Å². The highest BCUT2D eigenvalue weighted by atomic mass is 79.9. The summed E-state index contributed by atoms with van der Waals surface area (Å²) >= 11 is 3.37. The maximum atomic E-state index is 13.7. The highest BCUT2D eigenvalue weighted by Crippen LogP contribution is 2.17. The number of cyclic esters (lactones) is 1. The standard InChI is InChI=1S/C25H29BrF2N4O4/c26-17-5-3-15(4-6-17)11-21-23(36-25(35)32-21)24(34)31-10-2-1-9-30-22(33)14-19(29)13-16-12-18(27)7-8-20(16)28/h3-8,12,19,21,23H,1-2,9-11,13-14,29H2,(H,30,33)(H,31,34)(H,32,35)/t19?,21-,23+/m1/s1. The molecule has 8 nitrogen and oxygen atoms in total. The molecule has 1 fully saturated rings. The van der Waals surface area contributed by atoms with Crippen molar-refractivity contribution in [2.75, 3.05) is 13.1 Å². The van der Waals surface area contributed by atoms with Crippen LogP contribution in [0.2, 0.25) is 0 Å². The Morgan fingerprint density at radius 3 is 2.50 bits per heavy atom. The van der Waals surface area contributed by atoms with Crippen molar-refractivity contribution in [3.05, 3.63) is 69.7 Å². The van der Waals surface area contributed by atoms with Gasteiger partial charge in [-0.1, -0.05) is 28.1 Å². The summed E-state index contributed by atoms with van der Waals surface area (Å²) in [5, 5.41) is 8.17. The SMILES string of the molecule is NC(CC(=O)NCCCCNC(=O)[C@H]1OC(=O)N[C@@H]1Cc1ccc(Br)cc1)Cc1cc(F)ccc1F. The van der Waals surface area contributed by atoms with Gasteiger partial charge in [-0.3, -0.25) is 9.59 Å². The van der Waals surface area contributed by atoms with Gasteiger partial charge in [0.1, 0.15) is 11.6 Å². The number of ether oxygens (including phenoxy) is 1. The molecule has 0 bridgehead atoms. The lowest BCUT2D eigenvalue weighted by Crippen LogP contribution is -2.44. The Hall–Kier alpha value is -3.05. The number of amides is 3. The van der Waals surface area contributed by atoms with Gasteiger partial charge in [0.2, 0.25) is 12.0 Å². The number of hydrogen-bond donors (Lipinski definition) is 4. The second-order valence-corrected chi connectivity index (χ2v) is 9.58. The molecule has 36 heavy (non-hydrogen) atoms. The molecule has 2 aromatic rings. The Bertz CT molecular complexity index is 1070. The van der Waals surface area contributed by atoms with Gasteiger partial charge in [-0.15, -0.1) is 0 Å². The predicted octanol–water partition coefficient (Wildman–Crippen LogP) is 2.72. The first-order valence-electron chi connectivity index (χ1n) is 11.7. The molecule has 0 spiro atoms. The molecule has 0 aliphatic carbocycles. The molecule has 3 rings (SSSR count). The second kappa shape index (κ2) is 13.3. The Kier molecular flexibility index (Phi) is 10.2. The molecule has 1 unspecified atom stereocenters. The van der Waals surface area contributed by atoms with Crippen molar-refractivity contribution in [3.8, 4) is 0 Å². The average Bonchev–Trinajstić information content (AvgIpc) is 3.19. The molecule has 1 saturated heterocycles. The topological polar surface area (TPSA) is 123 Å². The average molecular weight is 567 g/mol. The number of carbonyl (C=O) groups is 3. The minimum absolute atomic E-state index is 0.0213. The van der Waals surface area contributed by atoms with E-state index in [4.69, 9.17) is 10.5 Å². The van der Waals surface area contributed by atoms with Crippen molar-refractivity contribution in [3.63, 3.8) is 0 Å². The zero-order valence-electron chi connectivity index (χ0n) is 19.6. The van der Waals surface area contributed by atoms with E-state index in [1.165, 1.54) is 0 Å². The lowest BCUT2D eigenvalue weighted by atomic mass is 10.0. The van der Waals surface area contributed by atoms with E-state index in [2.05, 4.69) is 31.9 Å². The molecule has 1 aliphatic rings. The quantitative estimate of drug-likeness (QED) is 0.294. The molecule has 194 valence electrons. The van der Waals surface area contributed by atoms with Crippen molar-refractivity contribution in [2.24, 2.45) is 5.73 Å². The number of carbonyl (C=O) groups excluding carboxylic acids is 3. The molecular formula is C25H29BrF2N4O4. The number of nitrogens with two attached hydrogens (primary N) is 1. The van der Waals surface area contributed by atoms with E-state index in [9.17, 15) is 23.2 Å². The molecule has 2 aromatic carbocycles. The van der Waals surface area contributed by atoms with Gasteiger partial charge in [-0.2, -0.15) is 0 Å². The van der Waals surface area contributed by atoms with E-state index in [1.54, 1.807) is 0 Å². The van der Waals surface area contributed by atoms with Crippen LogP contribution in [0.3, 0.4) is 0 Å². The highest BCUT2D eigenvalue weighted by Gasteiger charge is 2.39. The first kappa shape index (κ1) is 27.5. The fraction of sp³-hybridized carbons (Fsp3) is 0.400. The maximum absolute atomic E-state index is 13.7. The molecule has 0 radical (unpaired) electrons. The lowest BCUT2D eigenvalue weighted by molar-refractivity contribution is -0.128. The third-order valence-corrected chi connectivity index (χ3v) is 6.22. The number of nitrogens with one attached hydrogen (secondary N) is 3. The summed E-state index contributed by atoms with van der Waals surface area (Å²) in [5.41, 5.74) is 7.00. The van der Waals surface area contributed by atoms with Crippen LogP contribution in [-0.2, 0) is 27.2 Å². The van der Waals surface area contributed by atoms with E-state index in [1.807, 2.05) is 24.3 Å². The van der Waals surface area contributed by atoms with Gasteiger partial charge in [-0.25, -0.2) is 13.6 Å². The van der Waals surface area contributed by atoms with Crippen LogP contribution in [0.1, 0.15) is 30.4 Å². The number of hydrogen-bond acceptors (Lipinski definition) is 5. The van der Waals surface area contributed by atoms with E-state index in [0.29, 0.717) is 32.4 Å². The number of alkyl carbamates (subject to hydrolysis) is 1. The van der Waals surface area contributed by atoms with Crippen LogP contribution in [0.25, 0.3) is 0 Å². The molecule has 3 amide bonds. The highest BCUT2D eigenvalue weighted by molar-refractivity contribution is 9.10. The number of rotatable bonds is 12. The molecule has 0 saturated carbocycles. The van der Waals surface area contributed by atoms with Crippen LogP contribution < -0.4 is 21.7 Å². The van der Waals surface area contributed by atoms with Gasteiger partial charge in [0, 0.05) is 30.0 Å². The summed E-state index contributed by atoms with van der Waals surface area (Å²) in [7, 11) is 0. The van der Waals surface area contributed by atoms with Gasteiger partial charge >= 0.3 is 6.09 Å². The predicted molar refractivity (Wildman–Crippen MR) is 133 cm³/mol. The van der Waals surface area contributed by atoms with E-state index in [0.717, 1.165) is 28.2 Å². The number of benzene rings is 2. The Balaban J connectivity index is 1.31. The Morgan fingerprint density at radius 1 is 1.08 bits per heavy atom. The summed E-state index contributed by atoms with van der Waals surface area (Å²) < 4.78 is 33.1. The molecule has 1 heterocycles. The molecular weight excluding hydrogens is 538 g/mol. The first-order chi connectivity index (χ1) is 17.2. The van der Waals surface area contributed by atoms with Gasteiger partial charge in [-0.05, 0) is 67.1 Å². The number of unbranched alkanes of at least 4 members (excludes halogenated alkanes) is 1. The fourth-order valence-electron chi connectivity index (χ4n) is 3.88. The smallest absolute Gasteiger partial charge is 0.408 e. The van der Waals surface area contributed by atoms with Gasteiger partial charge < -0.3 is 26.4 Å². The van der Waals surface area contributed by atoms with Gasteiger partial charge in [0.25, 0.3) is 5.91 Å². The van der Waals surface area contributed by atoms with Crippen LogP contribution >= 0.6 is 15.9 Å². The minimum Gasteiger partial charge on any atom is -0.434 e. The molecule has 0 aromatic heterocycles. The lowest BCUT2D eigenvalue weighted by Gasteiger charge is -2.17. The molecule has 1 aliphatic heterocycles. The van der Waals surface area contributed by atoms with Crippen molar-refractivity contribution in [2.45, 2.75) is 50.3 Å². The molecule has 3 atom stereocenters. The third-order valence-electron chi connectivity index (χ3n) is 5.69. The van der Waals surface area contributed by atoms with E-state index < -0.39 is 35.9 Å². The summed E-state index contributed by atoms with van der Waals surface area (Å²) in [6, 6.07) is 9.61. The first-order valence-corrected chi connectivity index (χ1v) is 12.5. The van der Waals surface area contributed by atoms with Crippen molar-refractivity contribution in [1.29, 1.82) is 0 Å². The zero-order valence-corrected chi connectivity index (χ0v) is 21.2. The van der Waals surface area contributed by atoms with Gasteiger partial charge in [0.05, 0.1) is 6.04 Å². The van der Waals surface area contributed by atoms with E-state index in [-0.39, 0.29) is 30.2 Å². The maximum Gasteiger partial charge on any atom is 0.408 e. The van der Waals surface area contributed by atoms with Crippen LogP contribution in [0.15, 0.2) is 46.9 Å².